The molecule has 0 aliphatic heterocycles. The molecule has 0 bridgehead atoms. The van der Waals surface area contributed by atoms with Crippen LogP contribution in [0, 0.1) is 5.92 Å². The molecule has 0 radical (unpaired) electrons. The minimum atomic E-state index is -0.188. The molecule has 0 saturated carbocycles. The van der Waals surface area contributed by atoms with Gasteiger partial charge >= 0.3 is 0 Å². The van der Waals surface area contributed by atoms with E-state index >= 15 is 0 Å². The smallest absolute Gasteiger partial charge is 0.224 e. The average molecular weight is 304 g/mol. The molecule has 1 unspecified atom stereocenters. The lowest BCUT2D eigenvalue weighted by Crippen LogP contribution is -2.39. The maximum absolute atomic E-state index is 12.2. The summed E-state index contributed by atoms with van der Waals surface area (Å²) in [5.41, 5.74) is 1.90. The number of aromatic amines is 1. The van der Waals surface area contributed by atoms with E-state index in [1.807, 2.05) is 24.4 Å². The van der Waals surface area contributed by atoms with E-state index in [4.69, 9.17) is 4.74 Å². The lowest BCUT2D eigenvalue weighted by atomic mass is 10.0. The fraction of sp³-hybridized carbons (Fsp3) is 0.471. The molecular weight excluding hydrogens is 280 g/mol. The molecule has 120 valence electrons. The van der Waals surface area contributed by atoms with Gasteiger partial charge in [0, 0.05) is 17.1 Å². The van der Waals surface area contributed by atoms with Gasteiger partial charge in [-0.25, -0.2) is 0 Å². The van der Waals surface area contributed by atoms with E-state index in [0.717, 1.165) is 28.6 Å². The van der Waals surface area contributed by atoms with Crippen LogP contribution in [0.1, 0.15) is 25.8 Å². The number of benzene rings is 1. The summed E-state index contributed by atoms with van der Waals surface area (Å²) in [5.74, 6) is 1.11. The van der Waals surface area contributed by atoms with Gasteiger partial charge in [0.1, 0.15) is 5.75 Å². The van der Waals surface area contributed by atoms with Crippen LogP contribution in [-0.2, 0) is 11.2 Å². The Morgan fingerprint density at radius 3 is 2.82 bits per heavy atom. The molecule has 1 aromatic heterocycles. The maximum Gasteiger partial charge on any atom is 0.224 e. The van der Waals surface area contributed by atoms with Crippen molar-refractivity contribution in [3.8, 4) is 5.75 Å². The number of fused-ring (bicyclic) bond motifs is 1. The number of hydrogen-bond acceptors (Lipinski definition) is 3. The number of hydrogen-bond donors (Lipinski definition) is 3. The maximum atomic E-state index is 12.2. The Balaban J connectivity index is 2.08. The van der Waals surface area contributed by atoms with Crippen molar-refractivity contribution < 1.29 is 14.6 Å². The monoisotopic (exact) mass is 304 g/mol. The number of nitrogens with one attached hydrogen (secondary N) is 2. The molecule has 5 heteroatoms. The van der Waals surface area contributed by atoms with Gasteiger partial charge < -0.3 is 20.1 Å². The molecule has 1 aromatic carbocycles. The molecule has 2 rings (SSSR count). The van der Waals surface area contributed by atoms with Crippen molar-refractivity contribution in [3.05, 3.63) is 30.0 Å². The highest BCUT2D eigenvalue weighted by molar-refractivity contribution is 5.89. The lowest BCUT2D eigenvalue weighted by molar-refractivity contribution is -0.121. The van der Waals surface area contributed by atoms with Gasteiger partial charge in [0.25, 0.3) is 0 Å². The fourth-order valence-corrected chi connectivity index (χ4v) is 2.63. The third kappa shape index (κ3) is 4.01. The van der Waals surface area contributed by atoms with E-state index in [1.54, 1.807) is 7.11 Å². The molecule has 3 N–H and O–H groups in total. The van der Waals surface area contributed by atoms with Crippen molar-refractivity contribution >= 4 is 16.8 Å². The van der Waals surface area contributed by atoms with Crippen molar-refractivity contribution in [1.82, 2.24) is 10.3 Å². The standard InChI is InChI=1S/C17H24N2O3/c1-11(2)6-13(10-20)19-17(21)7-12-9-18-16-5-4-14(22-3)8-15(12)16/h4-5,8-9,11,13,18,20H,6-7,10H2,1-3H3,(H,19,21). The number of aliphatic hydroxyl groups excluding tert-OH is 1. The second-order valence-electron chi connectivity index (χ2n) is 5.98. The zero-order valence-corrected chi connectivity index (χ0v) is 13.3. The molecule has 0 fully saturated rings. The Kier molecular flexibility index (Phi) is 5.44. The summed E-state index contributed by atoms with van der Waals surface area (Å²) in [7, 11) is 1.62. The van der Waals surface area contributed by atoms with Crippen LogP contribution in [-0.4, -0.2) is 35.8 Å². The first-order chi connectivity index (χ1) is 10.5. The predicted octanol–water partition coefficient (Wildman–Crippen LogP) is 2.24. The molecule has 22 heavy (non-hydrogen) atoms. The van der Waals surface area contributed by atoms with E-state index in [1.165, 1.54) is 0 Å². The largest absolute Gasteiger partial charge is 0.497 e. The van der Waals surface area contributed by atoms with E-state index in [-0.39, 0.29) is 25.0 Å². The van der Waals surface area contributed by atoms with Crippen LogP contribution in [0.3, 0.4) is 0 Å². The Hall–Kier alpha value is -2.01. The van der Waals surface area contributed by atoms with Crippen LogP contribution in [0.4, 0.5) is 0 Å². The lowest BCUT2D eigenvalue weighted by Gasteiger charge is -2.18. The van der Waals surface area contributed by atoms with Crippen molar-refractivity contribution in [1.29, 1.82) is 0 Å². The van der Waals surface area contributed by atoms with Gasteiger partial charge in [-0.3, -0.25) is 4.79 Å². The Morgan fingerprint density at radius 2 is 2.18 bits per heavy atom. The third-order valence-electron chi connectivity index (χ3n) is 3.67. The van der Waals surface area contributed by atoms with E-state index in [9.17, 15) is 9.90 Å². The van der Waals surface area contributed by atoms with Crippen molar-refractivity contribution in [2.24, 2.45) is 5.92 Å². The van der Waals surface area contributed by atoms with Crippen LogP contribution in [0.25, 0.3) is 10.9 Å². The highest BCUT2D eigenvalue weighted by Crippen LogP contribution is 2.24. The van der Waals surface area contributed by atoms with Crippen LogP contribution >= 0.6 is 0 Å². The minimum absolute atomic E-state index is 0.0361. The van der Waals surface area contributed by atoms with Crippen LogP contribution in [0.5, 0.6) is 5.75 Å². The number of H-pyrrole nitrogens is 1. The second-order valence-corrected chi connectivity index (χ2v) is 5.98. The van der Waals surface area contributed by atoms with E-state index in [2.05, 4.69) is 24.1 Å². The van der Waals surface area contributed by atoms with Gasteiger partial charge in [0.05, 0.1) is 26.2 Å². The predicted molar refractivity (Wildman–Crippen MR) is 87.0 cm³/mol. The Labute approximate surface area is 130 Å². The van der Waals surface area contributed by atoms with Gasteiger partial charge in [-0.05, 0) is 36.1 Å². The summed E-state index contributed by atoms with van der Waals surface area (Å²) < 4.78 is 5.23. The SMILES string of the molecule is COc1ccc2[nH]cc(CC(=O)NC(CO)CC(C)C)c2c1. The molecule has 0 saturated heterocycles. The first-order valence-corrected chi connectivity index (χ1v) is 7.57. The number of aromatic nitrogens is 1. The number of amides is 1. The van der Waals surface area contributed by atoms with E-state index < -0.39 is 0 Å². The van der Waals surface area contributed by atoms with Gasteiger partial charge in [-0.1, -0.05) is 13.8 Å². The first-order valence-electron chi connectivity index (χ1n) is 7.57. The van der Waals surface area contributed by atoms with Gasteiger partial charge in [-0.15, -0.1) is 0 Å². The van der Waals surface area contributed by atoms with Gasteiger partial charge in [0.15, 0.2) is 0 Å². The van der Waals surface area contributed by atoms with Gasteiger partial charge in [-0.2, -0.15) is 0 Å². The Morgan fingerprint density at radius 1 is 1.41 bits per heavy atom. The topological polar surface area (TPSA) is 74.4 Å². The highest BCUT2D eigenvalue weighted by atomic mass is 16.5. The highest BCUT2D eigenvalue weighted by Gasteiger charge is 2.15. The number of carbonyl (C=O) groups excluding carboxylic acids is 1. The van der Waals surface area contributed by atoms with Crippen molar-refractivity contribution in [2.75, 3.05) is 13.7 Å². The van der Waals surface area contributed by atoms with Crippen LogP contribution in [0.2, 0.25) is 0 Å². The molecule has 0 aliphatic carbocycles. The summed E-state index contributed by atoms with van der Waals surface area (Å²) in [5, 5.41) is 13.2. The number of carbonyl (C=O) groups is 1. The number of methoxy groups -OCH3 is 1. The molecule has 0 spiro atoms. The number of rotatable bonds is 7. The zero-order valence-electron chi connectivity index (χ0n) is 13.3. The molecule has 5 nitrogen and oxygen atoms in total. The first kappa shape index (κ1) is 16.4. The van der Waals surface area contributed by atoms with Crippen molar-refractivity contribution in [2.45, 2.75) is 32.7 Å². The summed E-state index contributed by atoms with van der Waals surface area (Å²) in [4.78, 5) is 15.4. The zero-order chi connectivity index (χ0) is 16.1. The summed E-state index contributed by atoms with van der Waals surface area (Å²) >= 11 is 0. The second kappa shape index (κ2) is 7.31. The Bertz CT molecular complexity index is 634. The van der Waals surface area contributed by atoms with Gasteiger partial charge in [0.2, 0.25) is 5.91 Å². The molecule has 0 aliphatic rings. The number of aliphatic hydroxyl groups is 1. The molecule has 1 atom stereocenters. The molecular formula is C17H24N2O3. The molecule has 1 amide bonds. The summed E-state index contributed by atoms with van der Waals surface area (Å²) in [6.07, 6.45) is 2.89. The fourth-order valence-electron chi connectivity index (χ4n) is 2.63. The normalized spacial score (nSPS) is 12.6. The van der Waals surface area contributed by atoms with Crippen molar-refractivity contribution in [3.63, 3.8) is 0 Å². The minimum Gasteiger partial charge on any atom is -0.497 e. The molecule has 1 heterocycles. The average Bonchev–Trinajstić information content (AvgIpc) is 2.88. The number of ether oxygens (including phenoxy) is 1. The quantitative estimate of drug-likeness (QED) is 0.734. The van der Waals surface area contributed by atoms with E-state index in [0.29, 0.717) is 5.92 Å². The van der Waals surface area contributed by atoms with Crippen LogP contribution in [0.15, 0.2) is 24.4 Å². The third-order valence-corrected chi connectivity index (χ3v) is 3.67. The van der Waals surface area contributed by atoms with Crippen LogP contribution < -0.4 is 10.1 Å². The molecule has 2 aromatic rings. The summed E-state index contributed by atoms with van der Waals surface area (Å²) in [6.45, 7) is 4.10. The summed E-state index contributed by atoms with van der Waals surface area (Å²) in [6, 6.07) is 5.55.